The highest BCUT2D eigenvalue weighted by atomic mass is 19.1. The van der Waals surface area contributed by atoms with Crippen molar-refractivity contribution in [1.82, 2.24) is 0 Å². The summed E-state index contributed by atoms with van der Waals surface area (Å²) in [7, 11) is 0. The molecule has 0 bridgehead atoms. The fraction of sp³-hybridized carbons (Fsp3) is 0.150. The monoisotopic (exact) mass is 324 g/mol. The van der Waals surface area contributed by atoms with Crippen LogP contribution in [0.1, 0.15) is 28.4 Å². The van der Waals surface area contributed by atoms with Gasteiger partial charge in [-0.05, 0) is 55.3 Å². The number of benzene rings is 2. The molecular formula is C20H17FO3. The Morgan fingerprint density at radius 3 is 2.83 bits per heavy atom. The van der Waals surface area contributed by atoms with Crippen molar-refractivity contribution in [3.63, 3.8) is 0 Å². The Morgan fingerprint density at radius 1 is 1.33 bits per heavy atom. The second-order valence-corrected chi connectivity index (χ2v) is 5.81. The van der Waals surface area contributed by atoms with Gasteiger partial charge in [-0.3, -0.25) is 4.79 Å². The van der Waals surface area contributed by atoms with Gasteiger partial charge in [0, 0.05) is 5.56 Å². The summed E-state index contributed by atoms with van der Waals surface area (Å²) < 4.78 is 24.7. The first-order valence-electron chi connectivity index (χ1n) is 7.56. The topological polar surface area (TPSA) is 35.5 Å². The first-order chi connectivity index (χ1) is 11.5. The average molecular weight is 324 g/mol. The van der Waals surface area contributed by atoms with Crippen LogP contribution in [0.2, 0.25) is 0 Å². The molecule has 0 saturated carbocycles. The highest BCUT2D eigenvalue weighted by molar-refractivity contribution is 6.14. The fourth-order valence-corrected chi connectivity index (χ4v) is 2.47. The van der Waals surface area contributed by atoms with Gasteiger partial charge in [0.2, 0.25) is 5.78 Å². The summed E-state index contributed by atoms with van der Waals surface area (Å²) in [6, 6.07) is 9.44. The van der Waals surface area contributed by atoms with Crippen LogP contribution >= 0.6 is 0 Å². The van der Waals surface area contributed by atoms with Crippen LogP contribution in [0.4, 0.5) is 4.39 Å². The quantitative estimate of drug-likeness (QED) is 0.604. The maximum Gasteiger partial charge on any atom is 0.231 e. The number of carbonyl (C=O) groups excluding carboxylic acids is 1. The summed E-state index contributed by atoms with van der Waals surface area (Å²) in [5.74, 6) is 0.733. The minimum absolute atomic E-state index is 0.177. The summed E-state index contributed by atoms with van der Waals surface area (Å²) in [6.07, 6.45) is 1.54. The maximum absolute atomic E-state index is 13.3. The molecule has 2 aromatic carbocycles. The summed E-state index contributed by atoms with van der Waals surface area (Å²) in [4.78, 5) is 12.5. The average Bonchev–Trinajstić information content (AvgIpc) is 2.84. The van der Waals surface area contributed by atoms with Gasteiger partial charge in [0.15, 0.2) is 5.76 Å². The van der Waals surface area contributed by atoms with E-state index in [1.54, 1.807) is 30.3 Å². The van der Waals surface area contributed by atoms with Gasteiger partial charge >= 0.3 is 0 Å². The third-order valence-electron chi connectivity index (χ3n) is 3.66. The molecule has 3 nitrogen and oxygen atoms in total. The van der Waals surface area contributed by atoms with E-state index in [-0.39, 0.29) is 17.4 Å². The Labute approximate surface area is 140 Å². The van der Waals surface area contributed by atoms with E-state index in [0.29, 0.717) is 29.2 Å². The van der Waals surface area contributed by atoms with Crippen LogP contribution in [0.25, 0.3) is 6.08 Å². The third kappa shape index (κ3) is 3.08. The fourth-order valence-electron chi connectivity index (χ4n) is 2.47. The summed E-state index contributed by atoms with van der Waals surface area (Å²) >= 11 is 0. The number of ketones is 1. The normalized spacial score (nSPS) is 14.5. The molecule has 0 fully saturated rings. The lowest BCUT2D eigenvalue weighted by Crippen LogP contribution is -2.00. The zero-order valence-electron chi connectivity index (χ0n) is 13.6. The minimum atomic E-state index is -0.362. The van der Waals surface area contributed by atoms with Gasteiger partial charge in [-0.1, -0.05) is 18.7 Å². The Morgan fingerprint density at radius 2 is 2.12 bits per heavy atom. The maximum atomic E-state index is 13.3. The number of ether oxygens (including phenoxy) is 2. The van der Waals surface area contributed by atoms with Gasteiger partial charge in [0.25, 0.3) is 0 Å². The predicted octanol–water partition coefficient (Wildman–Crippen LogP) is 4.71. The molecule has 0 atom stereocenters. The Hall–Kier alpha value is -2.88. The van der Waals surface area contributed by atoms with Crippen LogP contribution in [-0.4, -0.2) is 12.4 Å². The van der Waals surface area contributed by atoms with Gasteiger partial charge in [0.05, 0.1) is 5.56 Å². The lowest BCUT2D eigenvalue weighted by molar-refractivity contribution is 0.101. The number of carbonyl (C=O) groups is 1. The smallest absolute Gasteiger partial charge is 0.231 e. The van der Waals surface area contributed by atoms with Crippen LogP contribution < -0.4 is 9.47 Å². The molecule has 0 amide bonds. The van der Waals surface area contributed by atoms with Gasteiger partial charge < -0.3 is 9.47 Å². The van der Waals surface area contributed by atoms with Crippen molar-refractivity contribution in [3.8, 4) is 11.5 Å². The van der Waals surface area contributed by atoms with Crippen LogP contribution in [-0.2, 0) is 0 Å². The molecule has 0 aromatic heterocycles. The molecule has 1 heterocycles. The van der Waals surface area contributed by atoms with Crippen LogP contribution in [0, 0.1) is 12.7 Å². The van der Waals surface area contributed by atoms with Gasteiger partial charge in [-0.25, -0.2) is 4.39 Å². The SMILES string of the molecule is C=C(C)COc1ccc2c(c1C)O/C(=C\c1cccc(F)c1)C2=O. The highest BCUT2D eigenvalue weighted by Gasteiger charge is 2.30. The third-order valence-corrected chi connectivity index (χ3v) is 3.66. The number of rotatable bonds is 4. The first kappa shape index (κ1) is 16.0. The van der Waals surface area contributed by atoms with Crippen molar-refractivity contribution in [2.75, 3.05) is 6.61 Å². The first-order valence-corrected chi connectivity index (χ1v) is 7.56. The molecule has 0 N–H and O–H groups in total. The van der Waals surface area contributed by atoms with E-state index in [2.05, 4.69) is 6.58 Å². The van der Waals surface area contributed by atoms with E-state index in [9.17, 15) is 9.18 Å². The van der Waals surface area contributed by atoms with Gasteiger partial charge in [-0.2, -0.15) is 0 Å². The number of hydrogen-bond acceptors (Lipinski definition) is 3. The molecule has 3 rings (SSSR count). The molecule has 122 valence electrons. The van der Waals surface area contributed by atoms with Gasteiger partial charge in [0.1, 0.15) is 23.9 Å². The number of fused-ring (bicyclic) bond motifs is 1. The van der Waals surface area contributed by atoms with Crippen molar-refractivity contribution >= 4 is 11.9 Å². The van der Waals surface area contributed by atoms with Crippen LogP contribution in [0.15, 0.2) is 54.3 Å². The van der Waals surface area contributed by atoms with E-state index in [4.69, 9.17) is 9.47 Å². The highest BCUT2D eigenvalue weighted by Crippen LogP contribution is 2.39. The Balaban J connectivity index is 1.92. The number of allylic oxidation sites excluding steroid dienone is 1. The van der Waals surface area contributed by atoms with Crippen molar-refractivity contribution in [2.45, 2.75) is 13.8 Å². The predicted molar refractivity (Wildman–Crippen MR) is 90.8 cm³/mol. The Bertz CT molecular complexity index is 865. The number of Topliss-reactive ketones (excluding diaryl/α,β-unsaturated/α-hetero) is 1. The molecule has 0 aliphatic carbocycles. The molecule has 4 heteroatoms. The standard InChI is InChI=1S/C20H17FO3/c1-12(2)11-23-17-8-7-16-19(22)18(24-20(16)13(17)3)10-14-5-4-6-15(21)9-14/h4-10H,1,11H2,2-3H3/b18-10-. The molecule has 0 unspecified atom stereocenters. The minimum Gasteiger partial charge on any atom is -0.489 e. The molecule has 0 spiro atoms. The Kier molecular flexibility index (Phi) is 4.21. The second kappa shape index (κ2) is 6.32. The number of halogens is 1. The van der Waals surface area contributed by atoms with Crippen LogP contribution in [0.5, 0.6) is 11.5 Å². The summed E-state index contributed by atoms with van der Waals surface area (Å²) in [5.41, 5.74) is 2.71. The molecule has 1 aliphatic rings. The molecule has 0 saturated heterocycles. The number of hydrogen-bond donors (Lipinski definition) is 0. The zero-order valence-corrected chi connectivity index (χ0v) is 13.6. The molecule has 1 aliphatic heterocycles. The molecule has 0 radical (unpaired) electrons. The van der Waals surface area contributed by atoms with Crippen molar-refractivity contribution in [3.05, 3.63) is 76.8 Å². The molecular weight excluding hydrogens is 307 g/mol. The van der Waals surface area contributed by atoms with Crippen molar-refractivity contribution < 1.29 is 18.7 Å². The molecule has 2 aromatic rings. The van der Waals surface area contributed by atoms with Gasteiger partial charge in [-0.15, -0.1) is 0 Å². The van der Waals surface area contributed by atoms with E-state index in [0.717, 1.165) is 11.1 Å². The lowest BCUT2D eigenvalue weighted by Gasteiger charge is -2.11. The van der Waals surface area contributed by atoms with Crippen molar-refractivity contribution in [1.29, 1.82) is 0 Å². The van der Waals surface area contributed by atoms with E-state index in [1.807, 2.05) is 13.8 Å². The largest absolute Gasteiger partial charge is 0.489 e. The zero-order chi connectivity index (χ0) is 17.3. The lowest BCUT2D eigenvalue weighted by atomic mass is 10.1. The second-order valence-electron chi connectivity index (χ2n) is 5.81. The van der Waals surface area contributed by atoms with Crippen LogP contribution in [0.3, 0.4) is 0 Å². The van der Waals surface area contributed by atoms with E-state index >= 15 is 0 Å². The summed E-state index contributed by atoms with van der Waals surface area (Å²) in [5, 5.41) is 0. The molecule has 24 heavy (non-hydrogen) atoms. The van der Waals surface area contributed by atoms with E-state index in [1.165, 1.54) is 12.1 Å². The van der Waals surface area contributed by atoms with E-state index < -0.39 is 0 Å². The summed E-state index contributed by atoms with van der Waals surface area (Å²) in [6.45, 7) is 7.92. The van der Waals surface area contributed by atoms with Crippen molar-refractivity contribution in [2.24, 2.45) is 0 Å².